The molecule has 5 heteroatoms. The molecule has 0 saturated heterocycles. The smallest absolute Gasteiger partial charge is 0.214 e. The molecule has 0 bridgehead atoms. The van der Waals surface area contributed by atoms with Crippen LogP contribution in [0, 0.1) is 5.92 Å². The van der Waals surface area contributed by atoms with Crippen LogP contribution in [0.4, 0.5) is 0 Å². The molecular weight excluding hydrogens is 236 g/mol. The molecule has 98 valence electrons. The van der Waals surface area contributed by atoms with Crippen LogP contribution < -0.4 is 10.0 Å². The van der Waals surface area contributed by atoms with E-state index in [0.717, 1.165) is 18.8 Å². The summed E-state index contributed by atoms with van der Waals surface area (Å²) in [7, 11) is -3.01. The van der Waals surface area contributed by atoms with Crippen molar-refractivity contribution >= 4 is 10.0 Å². The van der Waals surface area contributed by atoms with E-state index in [1.165, 1.54) is 25.7 Å². The van der Waals surface area contributed by atoms with Gasteiger partial charge >= 0.3 is 0 Å². The lowest BCUT2D eigenvalue weighted by atomic mass is 10.1. The Morgan fingerprint density at radius 2 is 1.88 bits per heavy atom. The highest BCUT2D eigenvalue weighted by atomic mass is 32.2. The summed E-state index contributed by atoms with van der Waals surface area (Å²) in [6.45, 7) is 2.62. The predicted molar refractivity (Wildman–Crippen MR) is 67.2 cm³/mol. The molecule has 0 aromatic heterocycles. The molecule has 0 aliphatic heterocycles. The van der Waals surface area contributed by atoms with Crippen LogP contribution in [-0.2, 0) is 10.0 Å². The van der Waals surface area contributed by atoms with Gasteiger partial charge in [-0.05, 0) is 51.4 Å². The Balaban J connectivity index is 1.45. The molecule has 0 spiro atoms. The second-order valence-corrected chi connectivity index (χ2v) is 8.11. The Bertz CT molecular complexity index is 395. The van der Waals surface area contributed by atoms with Crippen molar-refractivity contribution < 1.29 is 8.42 Å². The Hall–Kier alpha value is -0.130. The van der Waals surface area contributed by atoms with Gasteiger partial charge in [-0.25, -0.2) is 13.1 Å². The van der Waals surface area contributed by atoms with E-state index in [0.29, 0.717) is 12.1 Å². The van der Waals surface area contributed by atoms with Crippen LogP contribution in [0.1, 0.15) is 45.4 Å². The fraction of sp³-hybridized carbons (Fsp3) is 1.00. The van der Waals surface area contributed by atoms with E-state index in [2.05, 4.69) is 17.0 Å². The molecule has 3 rings (SSSR count). The first-order valence-corrected chi connectivity index (χ1v) is 8.33. The van der Waals surface area contributed by atoms with Crippen molar-refractivity contribution in [2.45, 2.75) is 62.3 Å². The van der Waals surface area contributed by atoms with Gasteiger partial charge in [0.2, 0.25) is 10.0 Å². The maximum Gasteiger partial charge on any atom is 0.214 e. The van der Waals surface area contributed by atoms with E-state index in [9.17, 15) is 8.42 Å². The van der Waals surface area contributed by atoms with E-state index < -0.39 is 10.0 Å². The molecule has 0 aromatic carbocycles. The molecule has 3 fully saturated rings. The minimum absolute atomic E-state index is 0.104. The lowest BCUT2D eigenvalue weighted by molar-refractivity contribution is 0.388. The topological polar surface area (TPSA) is 58.2 Å². The summed E-state index contributed by atoms with van der Waals surface area (Å²) in [4.78, 5) is 0. The summed E-state index contributed by atoms with van der Waals surface area (Å²) < 4.78 is 26.1. The fourth-order valence-corrected chi connectivity index (χ4v) is 4.19. The van der Waals surface area contributed by atoms with E-state index in [4.69, 9.17) is 0 Å². The first-order chi connectivity index (χ1) is 8.02. The summed E-state index contributed by atoms with van der Waals surface area (Å²) in [5.41, 5.74) is 0.379. The first kappa shape index (κ1) is 11.9. The number of nitrogens with one attached hydrogen (secondary N) is 2. The quantitative estimate of drug-likeness (QED) is 0.716. The molecular formula is C12H22N2O2S. The van der Waals surface area contributed by atoms with Gasteiger partial charge in [0.25, 0.3) is 0 Å². The van der Waals surface area contributed by atoms with Gasteiger partial charge in [0, 0.05) is 18.1 Å². The summed E-state index contributed by atoms with van der Waals surface area (Å²) in [5, 5.41) is 3.53. The van der Waals surface area contributed by atoms with Crippen molar-refractivity contribution in [1.82, 2.24) is 10.0 Å². The number of rotatable bonds is 7. The Morgan fingerprint density at radius 3 is 2.35 bits per heavy atom. The Labute approximate surface area is 104 Å². The van der Waals surface area contributed by atoms with Crippen LogP contribution in [0.25, 0.3) is 0 Å². The van der Waals surface area contributed by atoms with Gasteiger partial charge in [-0.15, -0.1) is 0 Å². The van der Waals surface area contributed by atoms with Crippen molar-refractivity contribution in [2.75, 3.05) is 6.54 Å². The third-order valence-electron chi connectivity index (χ3n) is 4.24. The average molecular weight is 258 g/mol. The molecule has 3 aliphatic carbocycles. The summed E-state index contributed by atoms with van der Waals surface area (Å²) in [6.07, 6.45) is 6.93. The molecule has 0 radical (unpaired) electrons. The van der Waals surface area contributed by atoms with E-state index in [1.54, 1.807) is 0 Å². The number of sulfonamides is 1. The van der Waals surface area contributed by atoms with Crippen LogP contribution in [0.15, 0.2) is 0 Å². The standard InChI is InChI=1S/C12H22N2O2S/c1-9(8-13-17(15,16)11-4-5-11)14-12(6-7-12)10-2-3-10/h9-11,13-14H,2-8H2,1H3. The summed E-state index contributed by atoms with van der Waals surface area (Å²) in [5.74, 6) is 0.866. The zero-order valence-electron chi connectivity index (χ0n) is 10.4. The summed E-state index contributed by atoms with van der Waals surface area (Å²) in [6, 6.07) is 0.242. The van der Waals surface area contributed by atoms with Crippen LogP contribution in [0.5, 0.6) is 0 Å². The van der Waals surface area contributed by atoms with Crippen LogP contribution in [0.2, 0.25) is 0 Å². The third-order valence-corrected chi connectivity index (χ3v) is 6.15. The Kier molecular flexibility index (Phi) is 2.76. The van der Waals surface area contributed by atoms with Gasteiger partial charge < -0.3 is 5.32 Å². The van der Waals surface area contributed by atoms with Gasteiger partial charge in [-0.3, -0.25) is 0 Å². The molecule has 3 saturated carbocycles. The maximum absolute atomic E-state index is 11.7. The highest BCUT2D eigenvalue weighted by Crippen LogP contribution is 2.53. The summed E-state index contributed by atoms with van der Waals surface area (Å²) >= 11 is 0. The normalized spacial score (nSPS) is 29.0. The van der Waals surface area contributed by atoms with Crippen molar-refractivity contribution in [3.05, 3.63) is 0 Å². The van der Waals surface area contributed by atoms with Crippen LogP contribution in [-0.4, -0.2) is 31.8 Å². The zero-order chi connectivity index (χ0) is 12.1. The molecule has 0 heterocycles. The van der Waals surface area contributed by atoms with Gasteiger partial charge in [0.1, 0.15) is 0 Å². The second kappa shape index (κ2) is 3.93. The largest absolute Gasteiger partial charge is 0.307 e. The van der Waals surface area contributed by atoms with Gasteiger partial charge in [-0.2, -0.15) is 0 Å². The molecule has 2 N–H and O–H groups in total. The maximum atomic E-state index is 11.7. The zero-order valence-corrected chi connectivity index (χ0v) is 11.2. The number of hydrogen-bond donors (Lipinski definition) is 2. The average Bonchev–Trinajstić information content (AvgIpc) is 3.13. The molecule has 3 aliphatic rings. The molecule has 1 atom stereocenters. The third kappa shape index (κ3) is 2.66. The monoisotopic (exact) mass is 258 g/mol. The van der Waals surface area contributed by atoms with Crippen molar-refractivity contribution in [3.8, 4) is 0 Å². The van der Waals surface area contributed by atoms with Gasteiger partial charge in [-0.1, -0.05) is 0 Å². The van der Waals surface area contributed by atoms with Crippen LogP contribution >= 0.6 is 0 Å². The molecule has 1 unspecified atom stereocenters. The lowest BCUT2D eigenvalue weighted by Crippen LogP contribution is -2.46. The fourth-order valence-electron chi connectivity index (χ4n) is 2.72. The van der Waals surface area contributed by atoms with E-state index >= 15 is 0 Å². The number of hydrogen-bond acceptors (Lipinski definition) is 3. The van der Waals surface area contributed by atoms with E-state index in [-0.39, 0.29) is 11.3 Å². The lowest BCUT2D eigenvalue weighted by Gasteiger charge is -2.23. The van der Waals surface area contributed by atoms with E-state index in [1.807, 2.05) is 0 Å². The highest BCUT2D eigenvalue weighted by molar-refractivity contribution is 7.90. The first-order valence-electron chi connectivity index (χ1n) is 6.78. The molecule has 4 nitrogen and oxygen atoms in total. The molecule has 17 heavy (non-hydrogen) atoms. The van der Waals surface area contributed by atoms with Crippen molar-refractivity contribution in [1.29, 1.82) is 0 Å². The Morgan fingerprint density at radius 1 is 1.24 bits per heavy atom. The predicted octanol–water partition coefficient (Wildman–Crippen LogP) is 0.989. The molecule has 0 aromatic rings. The minimum Gasteiger partial charge on any atom is -0.307 e. The molecule has 0 amide bonds. The van der Waals surface area contributed by atoms with Gasteiger partial charge in [0.15, 0.2) is 0 Å². The van der Waals surface area contributed by atoms with Crippen LogP contribution in [0.3, 0.4) is 0 Å². The highest BCUT2D eigenvalue weighted by Gasteiger charge is 2.54. The SMILES string of the molecule is CC(CNS(=O)(=O)C1CC1)NC1(C2CC2)CC1. The van der Waals surface area contributed by atoms with Crippen molar-refractivity contribution in [3.63, 3.8) is 0 Å². The van der Waals surface area contributed by atoms with Gasteiger partial charge in [0.05, 0.1) is 5.25 Å². The second-order valence-electron chi connectivity index (χ2n) is 6.07. The van der Waals surface area contributed by atoms with Crippen molar-refractivity contribution in [2.24, 2.45) is 5.92 Å². The minimum atomic E-state index is -3.01.